The highest BCUT2D eigenvalue weighted by atomic mass is 16.7. The van der Waals surface area contributed by atoms with Crippen LogP contribution in [0.3, 0.4) is 0 Å². The number of hydrogen-bond acceptors (Lipinski definition) is 3. The van der Waals surface area contributed by atoms with E-state index in [1.165, 1.54) is 64.5 Å². The number of allylic oxidation sites excluding steroid dienone is 2. The van der Waals surface area contributed by atoms with Gasteiger partial charge in [0.2, 0.25) is 0 Å². The Morgan fingerprint density at radius 2 is 1.88 bits per heavy atom. The van der Waals surface area contributed by atoms with Crippen molar-refractivity contribution in [1.82, 2.24) is 4.90 Å². The Balaban J connectivity index is 1.38. The lowest BCUT2D eigenvalue weighted by Gasteiger charge is -2.44. The van der Waals surface area contributed by atoms with Crippen LogP contribution in [-0.4, -0.2) is 43.5 Å². The Morgan fingerprint density at radius 1 is 1.08 bits per heavy atom. The fourth-order valence-corrected chi connectivity index (χ4v) is 5.73. The van der Waals surface area contributed by atoms with E-state index in [1.807, 2.05) is 0 Å². The minimum absolute atomic E-state index is 0.0246. The van der Waals surface area contributed by atoms with Crippen LogP contribution < -0.4 is 0 Å². The second-order valence-corrected chi connectivity index (χ2v) is 9.69. The van der Waals surface area contributed by atoms with Crippen molar-refractivity contribution in [3.8, 4) is 0 Å². The quantitative estimate of drug-likeness (QED) is 0.687. The summed E-state index contributed by atoms with van der Waals surface area (Å²) in [6.07, 6.45) is 10.9. The van der Waals surface area contributed by atoms with Gasteiger partial charge in [-0.3, -0.25) is 0 Å². The maximum atomic E-state index is 6.44. The summed E-state index contributed by atoms with van der Waals surface area (Å²) in [6.45, 7) is 11.7. The van der Waals surface area contributed by atoms with Crippen LogP contribution in [0.15, 0.2) is 11.1 Å². The van der Waals surface area contributed by atoms with Crippen molar-refractivity contribution in [2.24, 2.45) is 17.3 Å². The normalized spacial score (nSPS) is 39.5. The van der Waals surface area contributed by atoms with Gasteiger partial charge < -0.3 is 14.4 Å². The minimum atomic E-state index is 0.0246. The zero-order valence-corrected chi connectivity index (χ0v) is 16.6. The second kappa shape index (κ2) is 7.32. The standard InChI is InChI=1S/C22H37NO2/c1-16-12-17-8-7-9-22(2,3)20(17)13-19(16)21-24-15-18(25-21)14-23-10-5-4-6-11-23/h16,18-19,21H,4-15H2,1-3H3/t16-,18-,19-,21+/m1/s1. The number of likely N-dealkylation sites (tertiary alicyclic amines) is 1. The molecule has 2 heterocycles. The summed E-state index contributed by atoms with van der Waals surface area (Å²) in [5.74, 6) is 1.23. The molecule has 4 atom stereocenters. The summed E-state index contributed by atoms with van der Waals surface area (Å²) in [7, 11) is 0. The molecule has 0 bridgehead atoms. The molecule has 2 fully saturated rings. The lowest BCUT2D eigenvalue weighted by molar-refractivity contribution is -0.115. The van der Waals surface area contributed by atoms with Crippen molar-refractivity contribution >= 4 is 0 Å². The van der Waals surface area contributed by atoms with Crippen LogP contribution in [0.5, 0.6) is 0 Å². The van der Waals surface area contributed by atoms with Crippen LogP contribution >= 0.6 is 0 Å². The highest BCUT2D eigenvalue weighted by Crippen LogP contribution is 2.50. The molecule has 0 aromatic carbocycles. The van der Waals surface area contributed by atoms with Gasteiger partial charge >= 0.3 is 0 Å². The molecule has 0 aromatic heterocycles. The molecule has 2 aliphatic carbocycles. The molecule has 4 rings (SSSR count). The average Bonchev–Trinajstić information content (AvgIpc) is 3.03. The van der Waals surface area contributed by atoms with Crippen molar-refractivity contribution in [2.75, 3.05) is 26.2 Å². The molecule has 2 saturated heterocycles. The van der Waals surface area contributed by atoms with Gasteiger partial charge in [0.1, 0.15) is 0 Å². The zero-order chi connectivity index (χ0) is 17.4. The molecule has 0 unspecified atom stereocenters. The van der Waals surface area contributed by atoms with Gasteiger partial charge in [-0.05, 0) is 69.4 Å². The van der Waals surface area contributed by atoms with E-state index >= 15 is 0 Å². The molecule has 0 radical (unpaired) electrons. The van der Waals surface area contributed by atoms with Crippen LogP contribution in [-0.2, 0) is 9.47 Å². The molecule has 0 aromatic rings. The maximum absolute atomic E-state index is 6.44. The van der Waals surface area contributed by atoms with Gasteiger partial charge in [0.15, 0.2) is 6.29 Å². The maximum Gasteiger partial charge on any atom is 0.161 e. The molecule has 4 aliphatic rings. The molecule has 0 saturated carbocycles. The van der Waals surface area contributed by atoms with E-state index < -0.39 is 0 Å². The van der Waals surface area contributed by atoms with E-state index in [2.05, 4.69) is 25.7 Å². The minimum Gasteiger partial charge on any atom is -0.350 e. The SMILES string of the molecule is C[C@@H]1CC2=C(C[C@H]1[C@H]1OC[C@@H](CN3CCCCC3)O1)C(C)(C)CCC2. The van der Waals surface area contributed by atoms with Crippen molar-refractivity contribution in [2.45, 2.75) is 84.5 Å². The van der Waals surface area contributed by atoms with Crippen LogP contribution in [0.4, 0.5) is 0 Å². The summed E-state index contributed by atoms with van der Waals surface area (Å²) in [6, 6.07) is 0. The van der Waals surface area contributed by atoms with Crippen molar-refractivity contribution in [1.29, 1.82) is 0 Å². The summed E-state index contributed by atoms with van der Waals surface area (Å²) < 4.78 is 12.6. The molecule has 3 nitrogen and oxygen atoms in total. The average molecular weight is 348 g/mol. The van der Waals surface area contributed by atoms with E-state index in [0.29, 0.717) is 17.3 Å². The number of piperidine rings is 1. The van der Waals surface area contributed by atoms with Gasteiger partial charge in [-0.25, -0.2) is 0 Å². The first-order valence-corrected chi connectivity index (χ1v) is 10.7. The van der Waals surface area contributed by atoms with E-state index in [9.17, 15) is 0 Å². The van der Waals surface area contributed by atoms with E-state index in [0.717, 1.165) is 13.2 Å². The van der Waals surface area contributed by atoms with Gasteiger partial charge in [0, 0.05) is 12.5 Å². The molecular formula is C22H37NO2. The third-order valence-corrected chi connectivity index (χ3v) is 7.30. The van der Waals surface area contributed by atoms with E-state index in [4.69, 9.17) is 9.47 Å². The van der Waals surface area contributed by atoms with E-state index in [-0.39, 0.29) is 12.4 Å². The lowest BCUT2D eigenvalue weighted by Crippen LogP contribution is -2.39. The molecule has 0 amide bonds. The second-order valence-electron chi connectivity index (χ2n) is 9.69. The monoisotopic (exact) mass is 347 g/mol. The van der Waals surface area contributed by atoms with Crippen molar-refractivity contribution in [3.63, 3.8) is 0 Å². The number of rotatable bonds is 3. The predicted molar refractivity (Wildman–Crippen MR) is 101 cm³/mol. The highest BCUT2D eigenvalue weighted by Gasteiger charge is 2.42. The van der Waals surface area contributed by atoms with Crippen LogP contribution in [0.25, 0.3) is 0 Å². The Morgan fingerprint density at radius 3 is 2.68 bits per heavy atom. The number of ether oxygens (including phenoxy) is 2. The number of hydrogen-bond donors (Lipinski definition) is 0. The summed E-state index contributed by atoms with van der Waals surface area (Å²) in [5.41, 5.74) is 3.90. The first-order valence-electron chi connectivity index (χ1n) is 10.7. The Hall–Kier alpha value is -0.380. The van der Waals surface area contributed by atoms with Crippen molar-refractivity contribution < 1.29 is 9.47 Å². The predicted octanol–water partition coefficient (Wildman–Crippen LogP) is 4.77. The van der Waals surface area contributed by atoms with Gasteiger partial charge in [-0.15, -0.1) is 0 Å². The largest absolute Gasteiger partial charge is 0.350 e. The Labute approximate surface area is 154 Å². The molecule has 25 heavy (non-hydrogen) atoms. The van der Waals surface area contributed by atoms with Gasteiger partial charge in [-0.1, -0.05) is 38.3 Å². The highest BCUT2D eigenvalue weighted by molar-refractivity contribution is 5.27. The molecule has 0 N–H and O–H groups in total. The van der Waals surface area contributed by atoms with Crippen LogP contribution in [0.1, 0.15) is 72.1 Å². The molecule has 2 aliphatic heterocycles. The van der Waals surface area contributed by atoms with Gasteiger partial charge in [0.05, 0.1) is 12.7 Å². The third kappa shape index (κ3) is 3.84. The van der Waals surface area contributed by atoms with E-state index in [1.54, 1.807) is 11.1 Å². The summed E-state index contributed by atoms with van der Waals surface area (Å²) >= 11 is 0. The Kier molecular flexibility index (Phi) is 5.28. The fraction of sp³-hybridized carbons (Fsp3) is 0.909. The van der Waals surface area contributed by atoms with Crippen LogP contribution in [0, 0.1) is 17.3 Å². The Bertz CT molecular complexity index is 506. The first kappa shape index (κ1) is 18.0. The molecular weight excluding hydrogens is 310 g/mol. The molecule has 3 heteroatoms. The molecule has 0 spiro atoms. The fourth-order valence-electron chi connectivity index (χ4n) is 5.73. The van der Waals surface area contributed by atoms with Crippen LogP contribution in [0.2, 0.25) is 0 Å². The van der Waals surface area contributed by atoms with Gasteiger partial charge in [0.25, 0.3) is 0 Å². The third-order valence-electron chi connectivity index (χ3n) is 7.30. The zero-order valence-electron chi connectivity index (χ0n) is 16.6. The smallest absolute Gasteiger partial charge is 0.161 e. The topological polar surface area (TPSA) is 21.7 Å². The molecule has 142 valence electrons. The summed E-state index contributed by atoms with van der Waals surface area (Å²) in [5, 5.41) is 0. The van der Waals surface area contributed by atoms with Gasteiger partial charge in [-0.2, -0.15) is 0 Å². The summed E-state index contributed by atoms with van der Waals surface area (Å²) in [4.78, 5) is 2.58. The van der Waals surface area contributed by atoms with Crippen molar-refractivity contribution in [3.05, 3.63) is 11.1 Å². The first-order chi connectivity index (χ1) is 12.0. The number of nitrogens with zero attached hydrogens (tertiary/aromatic N) is 1. The lowest BCUT2D eigenvalue weighted by atomic mass is 9.63.